The summed E-state index contributed by atoms with van der Waals surface area (Å²) in [7, 11) is -3.52. The second-order valence-electron chi connectivity index (χ2n) is 3.16. The summed E-state index contributed by atoms with van der Waals surface area (Å²) in [6, 6.07) is 3.05. The summed E-state index contributed by atoms with van der Waals surface area (Å²) >= 11 is 0. The van der Waals surface area contributed by atoms with E-state index < -0.39 is 21.4 Å². The Bertz CT molecular complexity index is 529. The Hall–Kier alpha value is -0.440. The van der Waals surface area contributed by atoms with Gasteiger partial charge in [-0.25, -0.2) is 12.8 Å². The topological polar surface area (TPSA) is 86.7 Å². The molecule has 0 aliphatic heterocycles. The molecule has 8 heteroatoms. The van der Waals surface area contributed by atoms with E-state index in [0.29, 0.717) is 0 Å². The molecule has 1 atom stereocenters. The van der Waals surface area contributed by atoms with Crippen molar-refractivity contribution in [3.8, 4) is 0 Å². The molecule has 0 saturated carbocycles. The van der Waals surface area contributed by atoms with Crippen LogP contribution in [0.5, 0.6) is 0 Å². The molecule has 0 aliphatic rings. The van der Waals surface area contributed by atoms with Crippen LogP contribution in [-0.2, 0) is 14.9 Å². The van der Waals surface area contributed by atoms with Crippen LogP contribution >= 0.6 is 0 Å². The summed E-state index contributed by atoms with van der Waals surface area (Å²) in [5, 5.41) is 9.22. The zero-order chi connectivity index (χ0) is 13.1. The molecule has 0 spiro atoms. The van der Waals surface area contributed by atoms with Crippen LogP contribution in [-0.4, -0.2) is 25.2 Å². The van der Waals surface area contributed by atoms with Gasteiger partial charge in [-0.15, -0.1) is 0 Å². The average molecular weight is 284 g/mol. The molecule has 1 N–H and O–H groups in total. The summed E-state index contributed by atoms with van der Waals surface area (Å²) in [6.45, 7) is 0. The van der Waals surface area contributed by atoms with Gasteiger partial charge in [0.15, 0.2) is 5.44 Å². The molecule has 0 fully saturated rings. The Morgan fingerprint density at radius 2 is 2.11 bits per heavy atom. The molecule has 0 aliphatic carbocycles. The largest absolute Gasteiger partial charge is 1.00 e. The molecule has 0 aromatic heterocycles. The number of aliphatic hydroxyl groups is 1. The third-order valence-electron chi connectivity index (χ3n) is 1.96. The summed E-state index contributed by atoms with van der Waals surface area (Å²) in [5.74, 6) is -0.627. The standard InChI is InChI=1S/C10H11FO5S.Na/c1-16-5-4-7-6-8(2-3-9(7)11)10(12)17(13,14)15;/h2-6,10,12H,1H3,(H,13,14,15);/q;+1/p-1/b5-4+;. The molecule has 0 saturated heterocycles. The van der Waals surface area contributed by atoms with Crippen molar-refractivity contribution in [1.82, 2.24) is 0 Å². The molecule has 1 aromatic rings. The molecular formula is C10H10FNaO5S. The molecule has 0 amide bonds. The van der Waals surface area contributed by atoms with Crippen LogP contribution in [0.2, 0.25) is 0 Å². The van der Waals surface area contributed by atoms with Gasteiger partial charge in [-0.2, -0.15) is 0 Å². The van der Waals surface area contributed by atoms with Crippen LogP contribution in [0.4, 0.5) is 4.39 Å². The van der Waals surface area contributed by atoms with Gasteiger partial charge in [-0.05, 0) is 23.8 Å². The summed E-state index contributed by atoms with van der Waals surface area (Å²) in [6.07, 6.45) is 2.42. The number of halogens is 1. The van der Waals surface area contributed by atoms with Gasteiger partial charge in [0.05, 0.1) is 13.4 Å². The minimum Gasteiger partial charge on any atom is -0.746 e. The fourth-order valence-corrected chi connectivity index (χ4v) is 1.63. The Morgan fingerprint density at radius 3 is 2.61 bits per heavy atom. The predicted octanol–water partition coefficient (Wildman–Crippen LogP) is -2.02. The first-order chi connectivity index (χ1) is 7.86. The maximum Gasteiger partial charge on any atom is 1.00 e. The summed E-state index contributed by atoms with van der Waals surface area (Å²) in [4.78, 5) is 0. The van der Waals surface area contributed by atoms with Crippen molar-refractivity contribution >= 4 is 16.2 Å². The second-order valence-corrected chi connectivity index (χ2v) is 4.60. The SMILES string of the molecule is CO/C=C/c1cc(C(O)S(=O)(=O)[O-])ccc1F.[Na+]. The van der Waals surface area contributed by atoms with Crippen LogP contribution in [0, 0.1) is 5.82 Å². The Balaban J connectivity index is 0.00000289. The monoisotopic (exact) mass is 284 g/mol. The fraction of sp³-hybridized carbons (Fsp3) is 0.200. The first-order valence-electron chi connectivity index (χ1n) is 4.48. The van der Waals surface area contributed by atoms with Crippen LogP contribution in [0.3, 0.4) is 0 Å². The van der Waals surface area contributed by atoms with Crippen LogP contribution in [0.15, 0.2) is 24.5 Å². The van der Waals surface area contributed by atoms with Crippen molar-refractivity contribution in [2.45, 2.75) is 5.44 Å². The molecule has 18 heavy (non-hydrogen) atoms. The van der Waals surface area contributed by atoms with E-state index >= 15 is 0 Å². The second kappa shape index (κ2) is 7.22. The molecule has 0 bridgehead atoms. The minimum atomic E-state index is -4.88. The molecule has 1 unspecified atom stereocenters. The van der Waals surface area contributed by atoms with Crippen molar-refractivity contribution in [3.63, 3.8) is 0 Å². The number of hydrogen-bond acceptors (Lipinski definition) is 5. The molecule has 5 nitrogen and oxygen atoms in total. The van der Waals surface area contributed by atoms with Gasteiger partial charge in [0.25, 0.3) is 0 Å². The smallest absolute Gasteiger partial charge is 0.746 e. The molecule has 1 aromatic carbocycles. The number of benzene rings is 1. The Morgan fingerprint density at radius 1 is 1.50 bits per heavy atom. The van der Waals surface area contributed by atoms with E-state index in [4.69, 9.17) is 0 Å². The maximum absolute atomic E-state index is 13.2. The molecular weight excluding hydrogens is 274 g/mol. The predicted molar refractivity (Wildman–Crippen MR) is 57.1 cm³/mol. The van der Waals surface area contributed by atoms with Crippen molar-refractivity contribution in [3.05, 3.63) is 41.4 Å². The van der Waals surface area contributed by atoms with Gasteiger partial charge in [0, 0.05) is 5.56 Å². The normalized spacial score (nSPS) is 13.1. The van der Waals surface area contributed by atoms with E-state index in [1.165, 1.54) is 19.4 Å². The van der Waals surface area contributed by atoms with Crippen LogP contribution in [0.1, 0.15) is 16.6 Å². The third-order valence-corrected chi connectivity index (χ3v) is 2.78. The zero-order valence-corrected chi connectivity index (χ0v) is 12.6. The van der Waals surface area contributed by atoms with E-state index in [1.807, 2.05) is 0 Å². The zero-order valence-electron chi connectivity index (χ0n) is 9.83. The van der Waals surface area contributed by atoms with E-state index in [2.05, 4.69) is 4.74 Å². The number of methoxy groups -OCH3 is 1. The van der Waals surface area contributed by atoms with Crippen molar-refractivity contribution in [2.24, 2.45) is 0 Å². The summed E-state index contributed by atoms with van der Waals surface area (Å²) < 4.78 is 49.6. The van der Waals surface area contributed by atoms with Crippen molar-refractivity contribution in [2.75, 3.05) is 7.11 Å². The van der Waals surface area contributed by atoms with Gasteiger partial charge in [-0.1, -0.05) is 6.07 Å². The van der Waals surface area contributed by atoms with E-state index in [-0.39, 0.29) is 40.7 Å². The van der Waals surface area contributed by atoms with E-state index in [1.54, 1.807) is 0 Å². The van der Waals surface area contributed by atoms with Gasteiger partial charge in [-0.3, -0.25) is 0 Å². The van der Waals surface area contributed by atoms with Gasteiger partial charge in [0.2, 0.25) is 0 Å². The third kappa shape index (κ3) is 4.68. The molecule has 94 valence electrons. The Kier molecular flexibility index (Phi) is 7.05. The average Bonchev–Trinajstić information content (AvgIpc) is 2.26. The fourth-order valence-electron chi connectivity index (χ4n) is 1.15. The van der Waals surface area contributed by atoms with Crippen LogP contribution < -0.4 is 29.6 Å². The first-order valence-corrected chi connectivity index (χ1v) is 5.95. The first kappa shape index (κ1) is 17.6. The van der Waals surface area contributed by atoms with E-state index in [0.717, 1.165) is 18.2 Å². The maximum atomic E-state index is 13.2. The van der Waals surface area contributed by atoms with Crippen molar-refractivity contribution in [1.29, 1.82) is 0 Å². The molecule has 1 rings (SSSR count). The summed E-state index contributed by atoms with van der Waals surface area (Å²) in [5.41, 5.74) is -2.40. The Labute approximate surface area is 126 Å². The quantitative estimate of drug-likeness (QED) is 0.392. The van der Waals surface area contributed by atoms with Crippen LogP contribution in [0.25, 0.3) is 6.08 Å². The van der Waals surface area contributed by atoms with Gasteiger partial charge in [0.1, 0.15) is 15.9 Å². The van der Waals surface area contributed by atoms with Gasteiger partial charge >= 0.3 is 29.6 Å². The molecule has 0 radical (unpaired) electrons. The number of aliphatic hydroxyl groups excluding tert-OH is 1. The number of ether oxygens (including phenoxy) is 1. The number of hydrogen-bond donors (Lipinski definition) is 1. The van der Waals surface area contributed by atoms with Crippen molar-refractivity contribution < 1.29 is 56.8 Å². The minimum absolute atomic E-state index is 0. The number of rotatable bonds is 4. The molecule has 0 heterocycles. The van der Waals surface area contributed by atoms with E-state index in [9.17, 15) is 22.5 Å². The van der Waals surface area contributed by atoms with Gasteiger partial charge < -0.3 is 14.4 Å².